The van der Waals surface area contributed by atoms with E-state index in [4.69, 9.17) is 0 Å². The molecule has 0 spiro atoms. The summed E-state index contributed by atoms with van der Waals surface area (Å²) in [6.45, 7) is 1.35. The number of piperidine rings is 1. The largest absolute Gasteiger partial charge is 0.393 e. The highest BCUT2D eigenvalue weighted by Gasteiger charge is 2.42. The van der Waals surface area contributed by atoms with Gasteiger partial charge >= 0.3 is 12.2 Å². The first kappa shape index (κ1) is 18.3. The molecular formula is C16H20F3N5O2. The number of aromatic nitrogens is 1. The third kappa shape index (κ3) is 4.36. The molecule has 7 nitrogen and oxygen atoms in total. The molecule has 0 aromatic carbocycles. The number of carbonyl (C=O) groups excluding carboxylic acids is 2. The number of nitrogens with zero attached hydrogens (tertiary/aromatic N) is 3. The van der Waals surface area contributed by atoms with E-state index >= 15 is 0 Å². The van der Waals surface area contributed by atoms with Crippen LogP contribution < -0.4 is 15.5 Å². The summed E-state index contributed by atoms with van der Waals surface area (Å²) < 4.78 is 38.6. The number of amides is 3. The van der Waals surface area contributed by atoms with Crippen LogP contribution >= 0.6 is 0 Å². The predicted molar refractivity (Wildman–Crippen MR) is 88.8 cm³/mol. The van der Waals surface area contributed by atoms with Crippen molar-refractivity contribution in [3.05, 3.63) is 18.3 Å². The molecule has 142 valence electrons. The van der Waals surface area contributed by atoms with Gasteiger partial charge in [-0.05, 0) is 25.0 Å². The molecular weight excluding hydrogens is 351 g/mol. The summed E-state index contributed by atoms with van der Waals surface area (Å²) in [6, 6.07) is 2.73. The van der Waals surface area contributed by atoms with E-state index in [1.807, 2.05) is 4.90 Å². The Balaban J connectivity index is 1.58. The van der Waals surface area contributed by atoms with Gasteiger partial charge in [-0.1, -0.05) is 0 Å². The Kier molecular flexibility index (Phi) is 5.19. The summed E-state index contributed by atoms with van der Waals surface area (Å²) in [4.78, 5) is 30.8. The Morgan fingerprint density at radius 2 is 2.12 bits per heavy atom. The van der Waals surface area contributed by atoms with Crippen molar-refractivity contribution in [2.24, 2.45) is 5.92 Å². The van der Waals surface area contributed by atoms with Crippen LogP contribution in [0.25, 0.3) is 0 Å². The highest BCUT2D eigenvalue weighted by atomic mass is 19.4. The molecule has 1 atom stereocenters. The monoisotopic (exact) mass is 371 g/mol. The van der Waals surface area contributed by atoms with E-state index in [0.29, 0.717) is 37.6 Å². The van der Waals surface area contributed by atoms with Gasteiger partial charge in [0.2, 0.25) is 5.91 Å². The van der Waals surface area contributed by atoms with Crippen LogP contribution in [0.15, 0.2) is 18.3 Å². The zero-order valence-corrected chi connectivity index (χ0v) is 14.1. The molecule has 3 rings (SSSR count). The minimum absolute atomic E-state index is 0.0486. The molecule has 1 aromatic rings. The molecule has 0 aliphatic carbocycles. The van der Waals surface area contributed by atoms with Crippen molar-refractivity contribution in [1.29, 1.82) is 0 Å². The minimum atomic E-state index is -4.29. The van der Waals surface area contributed by atoms with Crippen molar-refractivity contribution in [3.63, 3.8) is 0 Å². The van der Waals surface area contributed by atoms with E-state index in [1.165, 1.54) is 11.1 Å². The number of hydrogen-bond donors (Lipinski definition) is 2. The van der Waals surface area contributed by atoms with Gasteiger partial charge in [-0.2, -0.15) is 13.2 Å². The van der Waals surface area contributed by atoms with Gasteiger partial charge in [0.25, 0.3) is 0 Å². The predicted octanol–water partition coefficient (Wildman–Crippen LogP) is 1.82. The Morgan fingerprint density at radius 3 is 2.77 bits per heavy atom. The lowest BCUT2D eigenvalue weighted by molar-refractivity contribution is -0.183. The molecule has 0 saturated carbocycles. The molecule has 0 bridgehead atoms. The minimum Gasteiger partial charge on any atom is -0.353 e. The third-order valence-electron chi connectivity index (χ3n) is 4.53. The van der Waals surface area contributed by atoms with Crippen molar-refractivity contribution < 1.29 is 22.8 Å². The first-order valence-corrected chi connectivity index (χ1v) is 8.43. The summed E-state index contributed by atoms with van der Waals surface area (Å²) in [5.41, 5.74) is 0.398. The maximum absolute atomic E-state index is 12.9. The second-order valence-corrected chi connectivity index (χ2v) is 6.43. The highest BCUT2D eigenvalue weighted by molar-refractivity contribution is 5.89. The average Bonchev–Trinajstić information content (AvgIpc) is 2.62. The molecule has 2 aliphatic rings. The topological polar surface area (TPSA) is 77.6 Å². The highest BCUT2D eigenvalue weighted by Crippen LogP contribution is 2.33. The van der Waals surface area contributed by atoms with Gasteiger partial charge in [-0.15, -0.1) is 0 Å². The zero-order valence-electron chi connectivity index (χ0n) is 14.1. The van der Waals surface area contributed by atoms with Gasteiger partial charge in [0.05, 0.1) is 24.3 Å². The fourth-order valence-corrected chi connectivity index (χ4v) is 3.11. The fraction of sp³-hybridized carbons (Fsp3) is 0.562. The number of carbonyl (C=O) groups is 2. The lowest BCUT2D eigenvalue weighted by Gasteiger charge is -2.33. The first-order chi connectivity index (χ1) is 12.3. The second-order valence-electron chi connectivity index (χ2n) is 6.43. The number of piperazine rings is 1. The van der Waals surface area contributed by atoms with Crippen LogP contribution in [0.5, 0.6) is 0 Å². The summed E-state index contributed by atoms with van der Waals surface area (Å²) in [5.74, 6) is -0.958. The van der Waals surface area contributed by atoms with Crippen LogP contribution in [0.1, 0.15) is 12.8 Å². The Morgan fingerprint density at radius 1 is 1.31 bits per heavy atom. The number of nitrogens with one attached hydrogen (secondary N) is 2. The molecule has 2 fully saturated rings. The summed E-state index contributed by atoms with van der Waals surface area (Å²) >= 11 is 0. The van der Waals surface area contributed by atoms with Crippen LogP contribution in [0.3, 0.4) is 0 Å². The molecule has 3 heterocycles. The number of likely N-dealkylation sites (tertiary alicyclic amines) is 1. The zero-order chi connectivity index (χ0) is 18.7. The van der Waals surface area contributed by atoms with Crippen molar-refractivity contribution in [2.75, 3.05) is 42.9 Å². The SMILES string of the molecule is O=C1CN(c2ccc(NC(=O)N3CCC[C@H](C(F)(F)F)C3)cn2)CCN1. The van der Waals surface area contributed by atoms with Crippen molar-refractivity contribution in [2.45, 2.75) is 19.0 Å². The Labute approximate surface area is 148 Å². The van der Waals surface area contributed by atoms with Crippen molar-refractivity contribution >= 4 is 23.4 Å². The average molecular weight is 371 g/mol. The lowest BCUT2D eigenvalue weighted by Crippen LogP contribution is -2.48. The summed E-state index contributed by atoms with van der Waals surface area (Å²) in [5, 5.41) is 5.30. The Bertz CT molecular complexity index is 665. The van der Waals surface area contributed by atoms with E-state index in [1.54, 1.807) is 12.1 Å². The van der Waals surface area contributed by atoms with Crippen molar-refractivity contribution in [3.8, 4) is 0 Å². The van der Waals surface area contributed by atoms with Crippen LogP contribution in [0.2, 0.25) is 0 Å². The van der Waals surface area contributed by atoms with E-state index in [0.717, 1.165) is 0 Å². The maximum Gasteiger partial charge on any atom is 0.393 e. The van der Waals surface area contributed by atoms with Crippen molar-refractivity contribution in [1.82, 2.24) is 15.2 Å². The van der Waals surface area contributed by atoms with Gasteiger partial charge in [0.15, 0.2) is 0 Å². The summed E-state index contributed by atoms with van der Waals surface area (Å²) in [6.07, 6.45) is -2.48. The molecule has 26 heavy (non-hydrogen) atoms. The lowest BCUT2D eigenvalue weighted by atomic mass is 9.98. The molecule has 1 aromatic heterocycles. The number of hydrogen-bond acceptors (Lipinski definition) is 4. The standard InChI is InChI=1S/C16H20F3N5O2/c17-16(18,19)11-2-1-6-24(9-11)15(26)22-12-3-4-13(21-8-12)23-7-5-20-14(25)10-23/h3-4,8,11H,1-2,5-7,9-10H2,(H,20,25)(H,22,26)/t11-/m0/s1. The smallest absolute Gasteiger partial charge is 0.353 e. The molecule has 10 heteroatoms. The van der Waals surface area contributed by atoms with E-state index < -0.39 is 18.1 Å². The van der Waals surface area contributed by atoms with Crippen LogP contribution in [0, 0.1) is 5.92 Å². The van der Waals surface area contributed by atoms with E-state index in [2.05, 4.69) is 15.6 Å². The van der Waals surface area contributed by atoms with Gasteiger partial charge in [-0.25, -0.2) is 9.78 Å². The molecule has 2 saturated heterocycles. The van der Waals surface area contributed by atoms with Crippen LogP contribution in [-0.2, 0) is 4.79 Å². The molecule has 2 N–H and O–H groups in total. The van der Waals surface area contributed by atoms with Gasteiger partial charge in [0.1, 0.15) is 5.82 Å². The maximum atomic E-state index is 12.9. The summed E-state index contributed by atoms with van der Waals surface area (Å²) in [7, 11) is 0. The molecule has 0 radical (unpaired) electrons. The molecule has 3 amide bonds. The van der Waals surface area contributed by atoms with E-state index in [9.17, 15) is 22.8 Å². The fourth-order valence-electron chi connectivity index (χ4n) is 3.11. The van der Waals surface area contributed by atoms with Gasteiger partial charge < -0.3 is 20.4 Å². The molecule has 2 aliphatic heterocycles. The van der Waals surface area contributed by atoms with Gasteiger partial charge in [0, 0.05) is 26.2 Å². The number of alkyl halides is 3. The number of rotatable bonds is 2. The van der Waals surface area contributed by atoms with E-state index in [-0.39, 0.29) is 25.4 Å². The van der Waals surface area contributed by atoms with Crippen LogP contribution in [-0.4, -0.2) is 60.7 Å². The number of anilines is 2. The number of urea groups is 1. The third-order valence-corrected chi connectivity index (χ3v) is 4.53. The quantitative estimate of drug-likeness (QED) is 0.832. The Hall–Kier alpha value is -2.52. The number of halogens is 3. The van der Waals surface area contributed by atoms with Crippen LogP contribution in [0.4, 0.5) is 29.5 Å². The van der Waals surface area contributed by atoms with Gasteiger partial charge in [-0.3, -0.25) is 4.79 Å². The second kappa shape index (κ2) is 7.38. The molecule has 0 unspecified atom stereocenters. The number of pyridine rings is 1. The first-order valence-electron chi connectivity index (χ1n) is 8.43. The normalized spacial score (nSPS) is 21.3.